The molecular weight excluding hydrogens is 442 g/mol. The Kier molecular flexibility index (Phi) is 6.66. The smallest absolute Gasteiger partial charge is 0.332 e. The van der Waals surface area contributed by atoms with Crippen molar-refractivity contribution in [1.29, 1.82) is 0 Å². The van der Waals surface area contributed by atoms with Crippen molar-refractivity contribution in [3.63, 3.8) is 0 Å². The van der Waals surface area contributed by atoms with Crippen LogP contribution in [-0.2, 0) is 24.3 Å². The number of nitrogens with one attached hydrogen (secondary N) is 1. The third kappa shape index (κ3) is 4.85. The maximum atomic E-state index is 13.5. The van der Waals surface area contributed by atoms with Crippen LogP contribution in [-0.4, -0.2) is 21.6 Å². The lowest BCUT2D eigenvalue weighted by Gasteiger charge is -2.14. The molecule has 1 aliphatic carbocycles. The third-order valence-corrected chi connectivity index (χ3v) is 6.66. The van der Waals surface area contributed by atoms with Gasteiger partial charge in [0, 0.05) is 18.5 Å². The van der Waals surface area contributed by atoms with Crippen molar-refractivity contribution in [2.75, 3.05) is 6.54 Å². The van der Waals surface area contributed by atoms with Crippen molar-refractivity contribution >= 4 is 28.0 Å². The van der Waals surface area contributed by atoms with Crippen molar-refractivity contribution in [3.8, 4) is 0 Å². The standard InChI is InChI=1S/C28H29N3O4/c32-24(29-17-15-20-9-3-1-4-10-20)19-31-25-22-13-7-8-14-23(22)35-26(25)27(33)30(28(31)34)18-16-21-11-5-2-6-12-21/h2,5-9,11-14H,1,3-4,10,15-19H2,(H,29,32). The molecule has 0 aliphatic heterocycles. The molecule has 5 rings (SSSR count). The number of hydrogen-bond donors (Lipinski definition) is 1. The zero-order valence-electron chi connectivity index (χ0n) is 19.7. The number of aryl methyl sites for hydroxylation is 1. The molecule has 0 saturated heterocycles. The minimum Gasteiger partial charge on any atom is -0.449 e. The van der Waals surface area contributed by atoms with Gasteiger partial charge in [0.05, 0.1) is 0 Å². The molecule has 0 radical (unpaired) electrons. The summed E-state index contributed by atoms with van der Waals surface area (Å²) in [7, 11) is 0. The second kappa shape index (κ2) is 10.2. The Morgan fingerprint density at radius 2 is 1.74 bits per heavy atom. The fourth-order valence-corrected chi connectivity index (χ4v) is 4.82. The monoisotopic (exact) mass is 471 g/mol. The number of rotatable bonds is 8. The Hall–Kier alpha value is -3.87. The molecule has 35 heavy (non-hydrogen) atoms. The van der Waals surface area contributed by atoms with Crippen LogP contribution in [0.25, 0.3) is 22.1 Å². The highest BCUT2D eigenvalue weighted by molar-refractivity contribution is 6.02. The van der Waals surface area contributed by atoms with Gasteiger partial charge >= 0.3 is 5.69 Å². The van der Waals surface area contributed by atoms with Crippen LogP contribution in [0, 0.1) is 0 Å². The highest BCUT2D eigenvalue weighted by Crippen LogP contribution is 2.25. The van der Waals surface area contributed by atoms with Crippen molar-refractivity contribution in [1.82, 2.24) is 14.5 Å². The maximum Gasteiger partial charge on any atom is 0.332 e. The number of amides is 1. The van der Waals surface area contributed by atoms with Gasteiger partial charge in [-0.1, -0.05) is 54.1 Å². The van der Waals surface area contributed by atoms with E-state index in [2.05, 4.69) is 11.4 Å². The molecule has 1 N–H and O–H groups in total. The normalized spacial score (nSPS) is 13.8. The summed E-state index contributed by atoms with van der Waals surface area (Å²) in [6.07, 6.45) is 8.23. The summed E-state index contributed by atoms with van der Waals surface area (Å²) in [5, 5.41) is 3.59. The molecule has 4 aromatic rings. The molecule has 0 atom stereocenters. The van der Waals surface area contributed by atoms with Crippen molar-refractivity contribution in [2.24, 2.45) is 0 Å². The molecule has 0 bridgehead atoms. The number of hydrogen-bond acceptors (Lipinski definition) is 4. The quantitative estimate of drug-likeness (QED) is 0.391. The van der Waals surface area contributed by atoms with Crippen molar-refractivity contribution in [2.45, 2.75) is 51.6 Å². The van der Waals surface area contributed by atoms with Crippen LogP contribution in [0.2, 0.25) is 0 Å². The van der Waals surface area contributed by atoms with Crippen LogP contribution in [0.15, 0.2) is 80.3 Å². The molecule has 2 aromatic heterocycles. The first-order valence-electron chi connectivity index (χ1n) is 12.3. The van der Waals surface area contributed by atoms with E-state index in [4.69, 9.17) is 4.42 Å². The van der Waals surface area contributed by atoms with E-state index >= 15 is 0 Å². The van der Waals surface area contributed by atoms with Crippen LogP contribution >= 0.6 is 0 Å². The van der Waals surface area contributed by atoms with E-state index in [0.717, 1.165) is 24.8 Å². The first kappa shape index (κ1) is 22.9. The topological polar surface area (TPSA) is 86.2 Å². The molecule has 7 nitrogen and oxygen atoms in total. The highest BCUT2D eigenvalue weighted by atomic mass is 16.3. The number of para-hydroxylation sites is 1. The molecule has 7 heteroatoms. The zero-order valence-corrected chi connectivity index (χ0v) is 19.7. The second-order valence-corrected chi connectivity index (χ2v) is 9.05. The zero-order chi connectivity index (χ0) is 24.2. The molecule has 0 unspecified atom stereocenters. The van der Waals surface area contributed by atoms with Crippen molar-refractivity contribution < 1.29 is 9.21 Å². The van der Waals surface area contributed by atoms with Gasteiger partial charge in [0.2, 0.25) is 11.5 Å². The summed E-state index contributed by atoms with van der Waals surface area (Å²) in [6, 6.07) is 16.9. The molecule has 1 amide bonds. The number of allylic oxidation sites excluding steroid dienone is 1. The van der Waals surface area contributed by atoms with Crippen molar-refractivity contribution in [3.05, 3.63) is 92.6 Å². The number of carbonyl (C=O) groups excluding carboxylic acids is 1. The Morgan fingerprint density at radius 1 is 0.943 bits per heavy atom. The summed E-state index contributed by atoms with van der Waals surface area (Å²) in [6.45, 7) is 0.552. The summed E-state index contributed by atoms with van der Waals surface area (Å²) in [5.41, 5.74) is 2.40. The number of furan rings is 1. The van der Waals surface area contributed by atoms with Gasteiger partial charge in [-0.3, -0.25) is 18.7 Å². The summed E-state index contributed by atoms with van der Waals surface area (Å²) >= 11 is 0. The lowest BCUT2D eigenvalue weighted by molar-refractivity contribution is -0.121. The third-order valence-electron chi connectivity index (χ3n) is 6.66. The van der Waals surface area contributed by atoms with E-state index < -0.39 is 11.2 Å². The van der Waals surface area contributed by atoms with Crippen LogP contribution < -0.4 is 16.6 Å². The average molecular weight is 472 g/mol. The lowest BCUT2D eigenvalue weighted by atomic mass is 9.97. The Balaban J connectivity index is 1.47. The first-order chi connectivity index (χ1) is 17.1. The van der Waals surface area contributed by atoms with Gasteiger partial charge in [-0.15, -0.1) is 0 Å². The fraction of sp³-hybridized carbons (Fsp3) is 0.321. The van der Waals surface area contributed by atoms with Crippen LogP contribution in [0.4, 0.5) is 0 Å². The molecule has 1 aliphatic rings. The molecule has 0 spiro atoms. The molecular formula is C28H29N3O4. The van der Waals surface area contributed by atoms with Gasteiger partial charge < -0.3 is 9.73 Å². The lowest BCUT2D eigenvalue weighted by Crippen LogP contribution is -2.42. The fourth-order valence-electron chi connectivity index (χ4n) is 4.82. The number of carbonyl (C=O) groups is 1. The summed E-state index contributed by atoms with van der Waals surface area (Å²) in [5.74, 6) is -0.261. The number of fused-ring (bicyclic) bond motifs is 3. The number of aromatic nitrogens is 2. The Morgan fingerprint density at radius 3 is 2.54 bits per heavy atom. The van der Waals surface area contributed by atoms with E-state index in [9.17, 15) is 14.4 Å². The summed E-state index contributed by atoms with van der Waals surface area (Å²) in [4.78, 5) is 39.7. The Labute approximate surface area is 202 Å². The highest BCUT2D eigenvalue weighted by Gasteiger charge is 2.21. The maximum absolute atomic E-state index is 13.5. The molecule has 0 fully saturated rings. The number of benzene rings is 2. The average Bonchev–Trinajstić information content (AvgIpc) is 3.28. The molecule has 180 valence electrons. The Bertz CT molecular complexity index is 1510. The van der Waals surface area contributed by atoms with Crippen LogP contribution in [0.3, 0.4) is 0 Å². The van der Waals surface area contributed by atoms with Gasteiger partial charge in [0.1, 0.15) is 17.6 Å². The van der Waals surface area contributed by atoms with E-state index in [1.807, 2.05) is 42.5 Å². The SMILES string of the molecule is O=C(Cn1c(=O)n(CCc2ccccc2)c(=O)c2oc3ccccc3c21)NCCC1=CCCCC1. The van der Waals surface area contributed by atoms with Gasteiger partial charge in [-0.2, -0.15) is 0 Å². The van der Waals surface area contributed by atoms with E-state index in [-0.39, 0.29) is 24.6 Å². The predicted molar refractivity (Wildman–Crippen MR) is 137 cm³/mol. The van der Waals surface area contributed by atoms with Gasteiger partial charge in [-0.25, -0.2) is 4.79 Å². The van der Waals surface area contributed by atoms with Crippen LogP contribution in [0.1, 0.15) is 37.7 Å². The predicted octanol–water partition coefficient (Wildman–Crippen LogP) is 4.16. The minimum absolute atomic E-state index is 0.0963. The van der Waals surface area contributed by atoms with E-state index in [1.165, 1.54) is 27.5 Å². The molecule has 2 heterocycles. The first-order valence-corrected chi connectivity index (χ1v) is 12.3. The molecule has 2 aromatic carbocycles. The van der Waals surface area contributed by atoms with Gasteiger partial charge in [-0.05, 0) is 56.2 Å². The van der Waals surface area contributed by atoms with Gasteiger partial charge in [0.25, 0.3) is 5.56 Å². The van der Waals surface area contributed by atoms with Gasteiger partial charge in [0.15, 0.2) is 0 Å². The van der Waals surface area contributed by atoms with E-state index in [1.54, 1.807) is 12.1 Å². The van der Waals surface area contributed by atoms with E-state index in [0.29, 0.717) is 29.5 Å². The molecule has 0 saturated carbocycles. The number of nitrogens with zero attached hydrogens (tertiary/aromatic N) is 2. The second-order valence-electron chi connectivity index (χ2n) is 9.05. The van der Waals surface area contributed by atoms with Crippen LogP contribution in [0.5, 0.6) is 0 Å². The summed E-state index contributed by atoms with van der Waals surface area (Å²) < 4.78 is 8.44. The largest absolute Gasteiger partial charge is 0.449 e. The minimum atomic E-state index is -0.505.